The molecule has 2 rings (SSSR count). The summed E-state index contributed by atoms with van der Waals surface area (Å²) < 4.78 is 0. The Bertz CT molecular complexity index is 517. The van der Waals surface area contributed by atoms with E-state index in [1.54, 1.807) is 0 Å². The number of benzene rings is 2. The minimum Gasteiger partial charge on any atom is -0.313 e. The third-order valence-corrected chi connectivity index (χ3v) is 3.49. The first kappa shape index (κ1) is 12.8. The van der Waals surface area contributed by atoms with Gasteiger partial charge in [-0.15, -0.1) is 0 Å². The van der Waals surface area contributed by atoms with Crippen LogP contribution >= 0.6 is 0 Å². The van der Waals surface area contributed by atoms with E-state index >= 15 is 0 Å². The van der Waals surface area contributed by atoms with E-state index in [9.17, 15) is 0 Å². The van der Waals surface area contributed by atoms with Gasteiger partial charge < -0.3 is 5.32 Å². The van der Waals surface area contributed by atoms with Crippen LogP contribution in [0.4, 0.5) is 0 Å². The van der Waals surface area contributed by atoms with Crippen LogP contribution in [-0.2, 0) is 6.42 Å². The third kappa shape index (κ3) is 2.80. The second kappa shape index (κ2) is 5.83. The number of aryl methyl sites for hydroxylation is 1. The maximum atomic E-state index is 3.28. The van der Waals surface area contributed by atoms with Crippen molar-refractivity contribution >= 4 is 0 Å². The Kier molecular flexibility index (Phi) is 4.16. The third-order valence-electron chi connectivity index (χ3n) is 3.49. The van der Waals surface area contributed by atoms with Crippen LogP contribution in [0.2, 0.25) is 0 Å². The number of rotatable bonds is 4. The van der Waals surface area contributed by atoms with Crippen LogP contribution in [0.15, 0.2) is 48.5 Å². The molecule has 0 aliphatic carbocycles. The van der Waals surface area contributed by atoms with Crippen molar-refractivity contribution in [3.05, 3.63) is 59.7 Å². The lowest BCUT2D eigenvalue weighted by atomic mass is 9.98. The minimum absolute atomic E-state index is 0.388. The molecule has 1 unspecified atom stereocenters. The predicted molar refractivity (Wildman–Crippen MR) is 78.7 cm³/mol. The Labute approximate surface area is 110 Å². The molecule has 18 heavy (non-hydrogen) atoms. The largest absolute Gasteiger partial charge is 0.313 e. The van der Waals surface area contributed by atoms with Crippen LogP contribution in [0.1, 0.15) is 31.0 Å². The van der Waals surface area contributed by atoms with Crippen LogP contribution in [0.5, 0.6) is 0 Å². The normalized spacial score (nSPS) is 12.4. The van der Waals surface area contributed by atoms with Gasteiger partial charge in [-0.3, -0.25) is 0 Å². The molecule has 2 aromatic carbocycles. The molecule has 0 heterocycles. The molecule has 1 N–H and O–H groups in total. The van der Waals surface area contributed by atoms with E-state index in [2.05, 4.69) is 67.7 Å². The summed E-state index contributed by atoms with van der Waals surface area (Å²) in [6.45, 7) is 4.38. The van der Waals surface area contributed by atoms with Gasteiger partial charge in [0, 0.05) is 6.04 Å². The standard InChI is InChI=1S/C17H21N/c1-4-14-7-5-9-16(11-14)17-10-6-8-15(12-17)13(2)18-3/h5-13,18H,4H2,1-3H3. The van der Waals surface area contributed by atoms with Crippen LogP contribution in [0, 0.1) is 0 Å². The molecule has 94 valence electrons. The SMILES string of the molecule is CCc1cccc(-c2cccc(C(C)NC)c2)c1. The van der Waals surface area contributed by atoms with Crippen molar-refractivity contribution in [2.45, 2.75) is 26.3 Å². The monoisotopic (exact) mass is 239 g/mol. The van der Waals surface area contributed by atoms with Gasteiger partial charge in [0.05, 0.1) is 0 Å². The van der Waals surface area contributed by atoms with Crippen LogP contribution in [-0.4, -0.2) is 7.05 Å². The molecule has 0 aliphatic heterocycles. The lowest BCUT2D eigenvalue weighted by molar-refractivity contribution is 0.652. The van der Waals surface area contributed by atoms with Crippen molar-refractivity contribution in [3.63, 3.8) is 0 Å². The van der Waals surface area contributed by atoms with Crippen molar-refractivity contribution < 1.29 is 0 Å². The van der Waals surface area contributed by atoms with Crippen molar-refractivity contribution in [2.75, 3.05) is 7.05 Å². The zero-order valence-electron chi connectivity index (χ0n) is 11.4. The average molecular weight is 239 g/mol. The predicted octanol–water partition coefficient (Wildman–Crippen LogP) is 4.20. The van der Waals surface area contributed by atoms with E-state index in [-0.39, 0.29) is 0 Å². The Morgan fingerprint density at radius 3 is 2.33 bits per heavy atom. The molecule has 0 aliphatic rings. The fraction of sp³-hybridized carbons (Fsp3) is 0.294. The van der Waals surface area contributed by atoms with Gasteiger partial charge in [-0.05, 0) is 48.7 Å². The molecule has 0 radical (unpaired) electrons. The van der Waals surface area contributed by atoms with E-state index in [0.717, 1.165) is 6.42 Å². The molecule has 0 bridgehead atoms. The highest BCUT2D eigenvalue weighted by molar-refractivity contribution is 5.65. The fourth-order valence-electron chi connectivity index (χ4n) is 2.13. The molecule has 1 heteroatoms. The Hall–Kier alpha value is -1.60. The van der Waals surface area contributed by atoms with E-state index in [1.165, 1.54) is 22.3 Å². The van der Waals surface area contributed by atoms with Gasteiger partial charge in [0.1, 0.15) is 0 Å². The number of hydrogen-bond donors (Lipinski definition) is 1. The second-order valence-electron chi connectivity index (χ2n) is 4.69. The maximum absolute atomic E-state index is 3.28. The van der Waals surface area contributed by atoms with Crippen LogP contribution in [0.25, 0.3) is 11.1 Å². The molecule has 0 saturated carbocycles. The highest BCUT2D eigenvalue weighted by Crippen LogP contribution is 2.24. The summed E-state index contributed by atoms with van der Waals surface area (Å²) in [6, 6.07) is 17.9. The molecular weight excluding hydrogens is 218 g/mol. The molecular formula is C17H21N. The summed E-state index contributed by atoms with van der Waals surface area (Å²) in [5.74, 6) is 0. The van der Waals surface area contributed by atoms with Gasteiger partial charge in [-0.1, -0.05) is 49.4 Å². The maximum Gasteiger partial charge on any atom is 0.0289 e. The zero-order chi connectivity index (χ0) is 13.0. The molecule has 1 atom stereocenters. The number of nitrogens with one attached hydrogen (secondary N) is 1. The molecule has 0 spiro atoms. The molecule has 0 fully saturated rings. The first-order valence-electron chi connectivity index (χ1n) is 6.61. The molecule has 0 aromatic heterocycles. The van der Waals surface area contributed by atoms with Crippen molar-refractivity contribution in [1.82, 2.24) is 5.32 Å². The van der Waals surface area contributed by atoms with Crippen LogP contribution < -0.4 is 5.32 Å². The average Bonchev–Trinajstić information content (AvgIpc) is 2.46. The summed E-state index contributed by atoms with van der Waals surface area (Å²) in [7, 11) is 2.00. The smallest absolute Gasteiger partial charge is 0.0289 e. The van der Waals surface area contributed by atoms with Gasteiger partial charge >= 0.3 is 0 Å². The highest BCUT2D eigenvalue weighted by atomic mass is 14.8. The van der Waals surface area contributed by atoms with Gasteiger partial charge in [0.2, 0.25) is 0 Å². The number of hydrogen-bond acceptors (Lipinski definition) is 1. The zero-order valence-corrected chi connectivity index (χ0v) is 11.4. The molecule has 0 amide bonds. The van der Waals surface area contributed by atoms with Crippen molar-refractivity contribution in [2.24, 2.45) is 0 Å². The van der Waals surface area contributed by atoms with Crippen molar-refractivity contribution in [1.29, 1.82) is 0 Å². The topological polar surface area (TPSA) is 12.0 Å². The van der Waals surface area contributed by atoms with Gasteiger partial charge in [-0.2, -0.15) is 0 Å². The second-order valence-corrected chi connectivity index (χ2v) is 4.69. The minimum atomic E-state index is 0.388. The van der Waals surface area contributed by atoms with Crippen LogP contribution in [0.3, 0.4) is 0 Å². The summed E-state index contributed by atoms with van der Waals surface area (Å²) >= 11 is 0. The fourth-order valence-corrected chi connectivity index (χ4v) is 2.13. The van der Waals surface area contributed by atoms with E-state index in [4.69, 9.17) is 0 Å². The Morgan fingerprint density at radius 1 is 1.00 bits per heavy atom. The summed E-state index contributed by atoms with van der Waals surface area (Å²) in [6.07, 6.45) is 1.08. The Morgan fingerprint density at radius 2 is 1.67 bits per heavy atom. The molecule has 0 saturated heterocycles. The van der Waals surface area contributed by atoms with E-state index < -0.39 is 0 Å². The quantitative estimate of drug-likeness (QED) is 0.843. The first-order chi connectivity index (χ1) is 8.74. The van der Waals surface area contributed by atoms with E-state index in [0.29, 0.717) is 6.04 Å². The lowest BCUT2D eigenvalue weighted by Crippen LogP contribution is -2.12. The molecule has 1 nitrogen and oxygen atoms in total. The summed E-state index contributed by atoms with van der Waals surface area (Å²) in [5.41, 5.74) is 5.32. The Balaban J connectivity index is 2.38. The lowest BCUT2D eigenvalue weighted by Gasteiger charge is -2.12. The van der Waals surface area contributed by atoms with Gasteiger partial charge in [-0.25, -0.2) is 0 Å². The highest BCUT2D eigenvalue weighted by Gasteiger charge is 2.04. The van der Waals surface area contributed by atoms with Gasteiger partial charge in [0.15, 0.2) is 0 Å². The molecule has 2 aromatic rings. The van der Waals surface area contributed by atoms with E-state index in [1.807, 2.05) is 7.05 Å². The first-order valence-corrected chi connectivity index (χ1v) is 6.61. The summed E-state index contributed by atoms with van der Waals surface area (Å²) in [4.78, 5) is 0. The summed E-state index contributed by atoms with van der Waals surface area (Å²) in [5, 5.41) is 3.28. The van der Waals surface area contributed by atoms with Gasteiger partial charge in [0.25, 0.3) is 0 Å². The van der Waals surface area contributed by atoms with Crippen molar-refractivity contribution in [3.8, 4) is 11.1 Å².